The summed E-state index contributed by atoms with van der Waals surface area (Å²) in [5.74, 6) is -0.246. The number of nitrogens with one attached hydrogen (secondary N) is 1. The Bertz CT molecular complexity index is 859. The van der Waals surface area contributed by atoms with Crippen LogP contribution in [-0.2, 0) is 20.9 Å². The molecule has 7 heteroatoms. The SMILES string of the molecule is CCCCNC(=O)Cn1ccc2c(OC(C)C(=O)OCC)cccc2c1=O. The number of pyridine rings is 1. The largest absolute Gasteiger partial charge is 0.478 e. The van der Waals surface area contributed by atoms with Gasteiger partial charge in [0.25, 0.3) is 5.56 Å². The first kappa shape index (κ1) is 20.5. The molecule has 0 saturated heterocycles. The average Bonchev–Trinajstić information content (AvgIpc) is 2.65. The molecular formula is C20H26N2O5. The van der Waals surface area contributed by atoms with Gasteiger partial charge in [-0.15, -0.1) is 0 Å². The lowest BCUT2D eigenvalue weighted by Crippen LogP contribution is -2.32. The summed E-state index contributed by atoms with van der Waals surface area (Å²) in [7, 11) is 0. The summed E-state index contributed by atoms with van der Waals surface area (Å²) < 4.78 is 12.0. The number of esters is 1. The van der Waals surface area contributed by atoms with Crippen LogP contribution < -0.4 is 15.6 Å². The van der Waals surface area contributed by atoms with Crippen LogP contribution >= 0.6 is 0 Å². The normalized spacial score (nSPS) is 11.8. The van der Waals surface area contributed by atoms with Crippen LogP contribution in [0.4, 0.5) is 0 Å². The molecule has 7 nitrogen and oxygen atoms in total. The van der Waals surface area contributed by atoms with Crippen LogP contribution in [0.15, 0.2) is 35.3 Å². The van der Waals surface area contributed by atoms with E-state index in [-0.39, 0.29) is 24.6 Å². The quantitative estimate of drug-likeness (QED) is 0.537. The number of benzene rings is 1. The standard InChI is InChI=1S/C20H26N2O5/c1-4-6-11-21-18(23)13-22-12-10-15-16(19(22)24)8-7-9-17(15)27-14(3)20(25)26-5-2/h7-10,12,14H,4-6,11,13H2,1-3H3,(H,21,23). The smallest absolute Gasteiger partial charge is 0.347 e. The minimum absolute atomic E-state index is 0.0389. The first-order chi connectivity index (χ1) is 13.0. The average molecular weight is 374 g/mol. The van der Waals surface area contributed by atoms with Crippen LogP contribution in [0.3, 0.4) is 0 Å². The number of carbonyl (C=O) groups is 2. The molecule has 1 aromatic carbocycles. The van der Waals surface area contributed by atoms with Crippen molar-refractivity contribution >= 4 is 22.6 Å². The third-order valence-corrected chi connectivity index (χ3v) is 4.07. The zero-order valence-corrected chi connectivity index (χ0v) is 16.0. The second-order valence-electron chi connectivity index (χ2n) is 6.18. The minimum Gasteiger partial charge on any atom is -0.478 e. The van der Waals surface area contributed by atoms with Gasteiger partial charge < -0.3 is 19.4 Å². The summed E-state index contributed by atoms with van der Waals surface area (Å²) in [6.07, 6.45) is 2.66. The van der Waals surface area contributed by atoms with Crippen LogP contribution in [0.25, 0.3) is 10.8 Å². The molecule has 0 aliphatic rings. The van der Waals surface area contributed by atoms with Crippen molar-refractivity contribution in [1.29, 1.82) is 0 Å². The second-order valence-corrected chi connectivity index (χ2v) is 6.18. The van der Waals surface area contributed by atoms with E-state index >= 15 is 0 Å². The fraction of sp³-hybridized carbons (Fsp3) is 0.450. The molecule has 1 N–H and O–H groups in total. The lowest BCUT2D eigenvalue weighted by Gasteiger charge is -2.15. The third-order valence-electron chi connectivity index (χ3n) is 4.07. The number of rotatable bonds is 9. The second kappa shape index (κ2) is 9.75. The fourth-order valence-corrected chi connectivity index (χ4v) is 2.63. The molecule has 0 aliphatic carbocycles. The van der Waals surface area contributed by atoms with E-state index in [4.69, 9.17) is 9.47 Å². The number of amides is 1. The number of ether oxygens (including phenoxy) is 2. The highest BCUT2D eigenvalue weighted by Crippen LogP contribution is 2.24. The molecule has 2 rings (SSSR count). The highest BCUT2D eigenvalue weighted by atomic mass is 16.6. The van der Waals surface area contributed by atoms with Crippen LogP contribution in [0.5, 0.6) is 5.75 Å². The van der Waals surface area contributed by atoms with Gasteiger partial charge in [-0.3, -0.25) is 9.59 Å². The molecular weight excluding hydrogens is 348 g/mol. The van der Waals surface area contributed by atoms with Gasteiger partial charge in [-0.2, -0.15) is 0 Å². The van der Waals surface area contributed by atoms with Gasteiger partial charge in [-0.1, -0.05) is 19.4 Å². The van der Waals surface area contributed by atoms with Crippen LogP contribution in [0.1, 0.15) is 33.6 Å². The Labute approximate surface area is 158 Å². The number of hydrogen-bond donors (Lipinski definition) is 1. The fourth-order valence-electron chi connectivity index (χ4n) is 2.63. The third kappa shape index (κ3) is 5.32. The van der Waals surface area contributed by atoms with Gasteiger partial charge >= 0.3 is 5.97 Å². The van der Waals surface area contributed by atoms with Gasteiger partial charge in [0.1, 0.15) is 12.3 Å². The van der Waals surface area contributed by atoms with Crippen molar-refractivity contribution in [3.8, 4) is 5.75 Å². The number of carbonyl (C=O) groups excluding carboxylic acids is 2. The molecule has 0 radical (unpaired) electrons. The molecule has 27 heavy (non-hydrogen) atoms. The Morgan fingerprint density at radius 3 is 2.67 bits per heavy atom. The van der Waals surface area contributed by atoms with Crippen molar-refractivity contribution in [3.05, 3.63) is 40.8 Å². The first-order valence-electron chi connectivity index (χ1n) is 9.20. The van der Waals surface area contributed by atoms with Crippen molar-refractivity contribution in [1.82, 2.24) is 9.88 Å². The Kier molecular flexibility index (Phi) is 7.40. The highest BCUT2D eigenvalue weighted by Gasteiger charge is 2.17. The van der Waals surface area contributed by atoms with Crippen molar-refractivity contribution in [2.24, 2.45) is 0 Å². The number of fused-ring (bicyclic) bond motifs is 1. The Morgan fingerprint density at radius 1 is 1.19 bits per heavy atom. The molecule has 1 heterocycles. The highest BCUT2D eigenvalue weighted by molar-refractivity contribution is 5.88. The number of unbranched alkanes of at least 4 members (excludes halogenated alkanes) is 1. The molecule has 1 atom stereocenters. The van der Waals surface area contributed by atoms with Crippen molar-refractivity contribution in [2.75, 3.05) is 13.2 Å². The molecule has 0 bridgehead atoms. The molecule has 146 valence electrons. The summed E-state index contributed by atoms with van der Waals surface area (Å²) in [6, 6.07) is 6.76. The molecule has 0 aliphatic heterocycles. The van der Waals surface area contributed by atoms with Gasteiger partial charge in [-0.25, -0.2) is 4.79 Å². The summed E-state index contributed by atoms with van der Waals surface area (Å²) in [5.41, 5.74) is -0.285. The molecule has 2 aromatic rings. The minimum atomic E-state index is -0.790. The van der Waals surface area contributed by atoms with E-state index in [1.54, 1.807) is 44.3 Å². The van der Waals surface area contributed by atoms with E-state index in [1.807, 2.05) is 6.92 Å². The van der Waals surface area contributed by atoms with Crippen LogP contribution in [0.2, 0.25) is 0 Å². The van der Waals surface area contributed by atoms with E-state index in [1.165, 1.54) is 4.57 Å². The predicted molar refractivity (Wildman–Crippen MR) is 103 cm³/mol. The lowest BCUT2D eigenvalue weighted by atomic mass is 10.1. The van der Waals surface area contributed by atoms with Gasteiger partial charge in [0.15, 0.2) is 6.10 Å². The van der Waals surface area contributed by atoms with Crippen molar-refractivity contribution in [2.45, 2.75) is 46.3 Å². The molecule has 1 amide bonds. The van der Waals surface area contributed by atoms with Crippen LogP contribution in [0, 0.1) is 0 Å². The maximum absolute atomic E-state index is 12.7. The molecule has 0 fully saturated rings. The Balaban J connectivity index is 2.22. The van der Waals surface area contributed by atoms with E-state index in [0.717, 1.165) is 12.8 Å². The lowest BCUT2D eigenvalue weighted by molar-refractivity contribution is -0.150. The Morgan fingerprint density at radius 2 is 1.96 bits per heavy atom. The van der Waals surface area contributed by atoms with E-state index in [2.05, 4.69) is 5.32 Å². The molecule has 0 saturated carbocycles. The summed E-state index contributed by atoms with van der Waals surface area (Å²) >= 11 is 0. The zero-order chi connectivity index (χ0) is 19.8. The van der Waals surface area contributed by atoms with Crippen molar-refractivity contribution < 1.29 is 19.1 Å². The monoisotopic (exact) mass is 374 g/mol. The van der Waals surface area contributed by atoms with Crippen molar-refractivity contribution in [3.63, 3.8) is 0 Å². The first-order valence-corrected chi connectivity index (χ1v) is 9.20. The summed E-state index contributed by atoms with van der Waals surface area (Å²) in [6.45, 7) is 6.20. The van der Waals surface area contributed by atoms with Gasteiger partial charge in [0.2, 0.25) is 5.91 Å². The number of nitrogens with zero attached hydrogens (tertiary/aromatic N) is 1. The topological polar surface area (TPSA) is 86.6 Å². The van der Waals surface area contributed by atoms with E-state index in [0.29, 0.717) is 23.1 Å². The predicted octanol–water partition coefficient (Wildman–Crippen LogP) is 2.25. The van der Waals surface area contributed by atoms with Gasteiger partial charge in [0, 0.05) is 18.1 Å². The van der Waals surface area contributed by atoms with Crippen LogP contribution in [-0.4, -0.2) is 35.7 Å². The van der Waals surface area contributed by atoms with Gasteiger partial charge in [-0.05, 0) is 38.5 Å². The zero-order valence-electron chi connectivity index (χ0n) is 16.0. The van der Waals surface area contributed by atoms with E-state index < -0.39 is 12.1 Å². The summed E-state index contributed by atoms with van der Waals surface area (Å²) in [4.78, 5) is 36.5. The number of hydrogen-bond acceptors (Lipinski definition) is 5. The van der Waals surface area contributed by atoms with E-state index in [9.17, 15) is 14.4 Å². The maximum atomic E-state index is 12.7. The number of aromatic nitrogens is 1. The molecule has 1 unspecified atom stereocenters. The maximum Gasteiger partial charge on any atom is 0.347 e. The summed E-state index contributed by atoms with van der Waals surface area (Å²) in [5, 5.41) is 3.80. The molecule has 1 aromatic heterocycles. The van der Waals surface area contributed by atoms with Gasteiger partial charge in [0.05, 0.1) is 12.0 Å². The molecule has 0 spiro atoms. The Hall–Kier alpha value is -2.83.